The number of methoxy groups -OCH3 is 2. The van der Waals surface area contributed by atoms with Crippen LogP contribution in [-0.4, -0.2) is 25.0 Å². The van der Waals surface area contributed by atoms with Crippen molar-refractivity contribution in [1.82, 2.24) is 5.43 Å². The predicted molar refractivity (Wildman–Crippen MR) is 107 cm³/mol. The number of anilines is 1. The van der Waals surface area contributed by atoms with Crippen molar-refractivity contribution in [2.24, 2.45) is 5.10 Å². The van der Waals surface area contributed by atoms with Gasteiger partial charge in [-0.05, 0) is 49.0 Å². The van der Waals surface area contributed by atoms with Gasteiger partial charge < -0.3 is 14.8 Å². The van der Waals surface area contributed by atoms with Gasteiger partial charge in [0.25, 0.3) is 0 Å². The van der Waals surface area contributed by atoms with Gasteiger partial charge in [0, 0.05) is 5.56 Å². The number of thiocarbonyl (C=S) groups is 1. The molecule has 2 aromatic rings. The summed E-state index contributed by atoms with van der Waals surface area (Å²) >= 11 is 5.08. The molecule has 2 rings (SSSR count). The first kappa shape index (κ1) is 21.5. The van der Waals surface area contributed by atoms with E-state index in [-0.39, 0.29) is 10.8 Å². The van der Waals surface area contributed by atoms with Crippen LogP contribution in [0.2, 0.25) is 0 Å². The van der Waals surface area contributed by atoms with Gasteiger partial charge in [-0.3, -0.25) is 5.43 Å². The van der Waals surface area contributed by atoms with Crippen LogP contribution in [0.3, 0.4) is 0 Å². The summed E-state index contributed by atoms with van der Waals surface area (Å²) in [6.45, 7) is 1.90. The van der Waals surface area contributed by atoms with Crippen LogP contribution in [0.1, 0.15) is 24.5 Å². The molecule has 0 fully saturated rings. The quantitative estimate of drug-likeness (QED) is 0.405. The molecule has 0 bridgehead atoms. The van der Waals surface area contributed by atoms with Crippen molar-refractivity contribution >= 4 is 28.7 Å². The summed E-state index contributed by atoms with van der Waals surface area (Å²) in [6, 6.07) is 10.4. The van der Waals surface area contributed by atoms with E-state index in [1.54, 1.807) is 18.2 Å². The highest BCUT2D eigenvalue weighted by molar-refractivity contribution is 7.80. The summed E-state index contributed by atoms with van der Waals surface area (Å²) in [7, 11) is 3.07. The monoisotopic (exact) mass is 411 g/mol. The summed E-state index contributed by atoms with van der Waals surface area (Å²) in [4.78, 5) is 0. The van der Waals surface area contributed by atoms with Gasteiger partial charge in [0.2, 0.25) is 0 Å². The van der Waals surface area contributed by atoms with Gasteiger partial charge >= 0.3 is 6.18 Å². The molecule has 0 heterocycles. The van der Waals surface area contributed by atoms with Crippen LogP contribution in [0.25, 0.3) is 0 Å². The second-order valence-electron chi connectivity index (χ2n) is 5.59. The minimum atomic E-state index is -4.49. The molecule has 0 spiro atoms. The SMILES string of the molecule is CC/C(=N\NC(=S)Nc1ccccc1C(F)(F)F)c1ccc(OC)c(OC)c1. The van der Waals surface area contributed by atoms with E-state index in [4.69, 9.17) is 21.7 Å². The molecule has 0 amide bonds. The Balaban J connectivity index is 2.17. The molecule has 0 saturated carbocycles. The maximum atomic E-state index is 13.1. The average Bonchev–Trinajstić information content (AvgIpc) is 2.67. The molecule has 0 unspecified atom stereocenters. The molecule has 0 aliphatic rings. The first-order valence-electron chi connectivity index (χ1n) is 8.32. The second kappa shape index (κ2) is 9.41. The van der Waals surface area contributed by atoms with Crippen LogP contribution in [-0.2, 0) is 6.18 Å². The molecule has 0 aliphatic heterocycles. The number of nitrogens with one attached hydrogen (secondary N) is 2. The Bertz CT molecular complexity index is 870. The topological polar surface area (TPSA) is 54.9 Å². The van der Waals surface area contributed by atoms with Crippen molar-refractivity contribution in [1.29, 1.82) is 0 Å². The largest absolute Gasteiger partial charge is 0.493 e. The highest BCUT2D eigenvalue weighted by Gasteiger charge is 2.33. The average molecular weight is 411 g/mol. The molecule has 5 nitrogen and oxygen atoms in total. The number of rotatable bonds is 6. The first-order chi connectivity index (χ1) is 13.3. The molecule has 0 radical (unpaired) electrons. The van der Waals surface area contributed by atoms with Crippen LogP contribution in [0.15, 0.2) is 47.6 Å². The molecule has 2 aromatic carbocycles. The molecule has 2 N–H and O–H groups in total. The van der Waals surface area contributed by atoms with Gasteiger partial charge in [0.1, 0.15) is 0 Å². The third-order valence-electron chi connectivity index (χ3n) is 3.82. The number of benzene rings is 2. The maximum Gasteiger partial charge on any atom is 0.418 e. The lowest BCUT2D eigenvalue weighted by molar-refractivity contribution is -0.136. The zero-order valence-electron chi connectivity index (χ0n) is 15.6. The van der Waals surface area contributed by atoms with Crippen molar-refractivity contribution in [3.8, 4) is 11.5 Å². The third-order valence-corrected chi connectivity index (χ3v) is 4.02. The van der Waals surface area contributed by atoms with E-state index in [9.17, 15) is 13.2 Å². The zero-order valence-corrected chi connectivity index (χ0v) is 16.4. The molecule has 0 saturated heterocycles. The van der Waals surface area contributed by atoms with Gasteiger partial charge in [-0.2, -0.15) is 18.3 Å². The lowest BCUT2D eigenvalue weighted by atomic mass is 10.1. The predicted octanol–water partition coefficient (Wildman–Crippen LogP) is 4.82. The molecular formula is C19H20F3N3O2S. The van der Waals surface area contributed by atoms with Gasteiger partial charge in [0.15, 0.2) is 16.6 Å². The van der Waals surface area contributed by atoms with Crippen molar-refractivity contribution < 1.29 is 22.6 Å². The van der Waals surface area contributed by atoms with E-state index >= 15 is 0 Å². The van der Waals surface area contributed by atoms with Gasteiger partial charge in [-0.15, -0.1) is 0 Å². The maximum absolute atomic E-state index is 13.1. The number of ether oxygens (including phenoxy) is 2. The van der Waals surface area contributed by atoms with E-state index in [1.807, 2.05) is 6.92 Å². The van der Waals surface area contributed by atoms with Crippen molar-refractivity contribution in [2.75, 3.05) is 19.5 Å². The van der Waals surface area contributed by atoms with E-state index in [2.05, 4.69) is 15.8 Å². The minimum absolute atomic E-state index is 0.0527. The highest BCUT2D eigenvalue weighted by atomic mass is 32.1. The Morgan fingerprint density at radius 3 is 2.36 bits per heavy atom. The number of hydrogen-bond donors (Lipinski definition) is 2. The molecule has 0 aliphatic carbocycles. The highest BCUT2D eigenvalue weighted by Crippen LogP contribution is 2.34. The first-order valence-corrected chi connectivity index (χ1v) is 8.73. The number of para-hydroxylation sites is 1. The smallest absolute Gasteiger partial charge is 0.418 e. The molecule has 0 aromatic heterocycles. The summed E-state index contributed by atoms with van der Waals surface area (Å²) in [6.07, 6.45) is -3.93. The van der Waals surface area contributed by atoms with Gasteiger partial charge in [0.05, 0.1) is 31.2 Å². The molecule has 150 valence electrons. The molecule has 9 heteroatoms. The Labute approximate surface area is 166 Å². The molecule has 0 atom stereocenters. The summed E-state index contributed by atoms with van der Waals surface area (Å²) in [5.74, 6) is 1.12. The number of hydrogen-bond acceptors (Lipinski definition) is 4. The number of halogens is 3. The van der Waals surface area contributed by atoms with Crippen molar-refractivity contribution in [3.05, 3.63) is 53.6 Å². The van der Waals surface area contributed by atoms with Crippen LogP contribution < -0.4 is 20.2 Å². The number of hydrazone groups is 1. The Hall–Kier alpha value is -2.81. The standard InChI is InChI=1S/C19H20F3N3O2S/c1-4-14(12-9-10-16(26-2)17(11-12)27-3)24-25-18(28)23-15-8-6-5-7-13(15)19(20,21)22/h5-11H,4H2,1-3H3,(H2,23,25,28)/b24-14+. The van der Waals surface area contributed by atoms with Crippen LogP contribution in [0, 0.1) is 0 Å². The van der Waals surface area contributed by atoms with Crippen molar-refractivity contribution in [2.45, 2.75) is 19.5 Å². The van der Waals surface area contributed by atoms with Crippen molar-refractivity contribution in [3.63, 3.8) is 0 Å². The van der Waals surface area contributed by atoms with E-state index in [0.29, 0.717) is 23.6 Å². The van der Waals surface area contributed by atoms with Crippen LogP contribution >= 0.6 is 12.2 Å². The molecular weight excluding hydrogens is 391 g/mol. The lowest BCUT2D eigenvalue weighted by Crippen LogP contribution is -2.26. The number of nitrogens with zero attached hydrogens (tertiary/aromatic N) is 1. The second-order valence-corrected chi connectivity index (χ2v) is 6.00. The fraction of sp³-hybridized carbons (Fsp3) is 0.263. The summed E-state index contributed by atoms with van der Waals surface area (Å²) in [5.41, 5.74) is 3.06. The zero-order chi connectivity index (χ0) is 20.7. The van der Waals surface area contributed by atoms with Gasteiger partial charge in [-0.1, -0.05) is 19.1 Å². The van der Waals surface area contributed by atoms with Crippen LogP contribution in [0.4, 0.5) is 18.9 Å². The van der Waals surface area contributed by atoms with E-state index < -0.39 is 11.7 Å². The Morgan fingerprint density at radius 1 is 1.07 bits per heavy atom. The van der Waals surface area contributed by atoms with Gasteiger partial charge in [-0.25, -0.2) is 0 Å². The Kier molecular flexibility index (Phi) is 7.22. The van der Waals surface area contributed by atoms with E-state index in [1.165, 1.54) is 32.4 Å². The summed E-state index contributed by atoms with van der Waals surface area (Å²) < 4.78 is 49.7. The summed E-state index contributed by atoms with van der Waals surface area (Å²) in [5, 5.41) is 6.70. The fourth-order valence-electron chi connectivity index (χ4n) is 2.47. The lowest BCUT2D eigenvalue weighted by Gasteiger charge is -2.15. The Morgan fingerprint density at radius 2 is 1.75 bits per heavy atom. The number of alkyl halides is 3. The molecule has 28 heavy (non-hydrogen) atoms. The minimum Gasteiger partial charge on any atom is -0.493 e. The third kappa shape index (κ3) is 5.35. The normalized spacial score (nSPS) is 11.7. The van der Waals surface area contributed by atoms with Crippen LogP contribution in [0.5, 0.6) is 11.5 Å². The fourth-order valence-corrected chi connectivity index (χ4v) is 2.63. The van der Waals surface area contributed by atoms with E-state index in [0.717, 1.165) is 11.6 Å².